The largest absolute Gasteiger partial charge is 0.480 e. The van der Waals surface area contributed by atoms with Gasteiger partial charge in [0.25, 0.3) is 5.91 Å². The molecule has 120 valence electrons. The van der Waals surface area contributed by atoms with Crippen molar-refractivity contribution < 1.29 is 9.53 Å². The van der Waals surface area contributed by atoms with E-state index in [1.165, 1.54) is 4.90 Å². The second kappa shape index (κ2) is 7.75. The van der Waals surface area contributed by atoms with Crippen LogP contribution in [0.4, 0.5) is 0 Å². The molecule has 0 spiro atoms. The number of fused-ring (bicyclic) bond motifs is 1. The van der Waals surface area contributed by atoms with Gasteiger partial charge in [0.05, 0.1) is 0 Å². The minimum Gasteiger partial charge on any atom is -0.480 e. The summed E-state index contributed by atoms with van der Waals surface area (Å²) >= 11 is 7.76. The van der Waals surface area contributed by atoms with E-state index in [1.807, 2.05) is 30.3 Å². The smallest absolute Gasteiger partial charge is 0.261 e. The molecule has 1 aliphatic heterocycles. The quantitative estimate of drug-likeness (QED) is 0.635. The van der Waals surface area contributed by atoms with Crippen molar-refractivity contribution in [3.63, 3.8) is 0 Å². The highest BCUT2D eigenvalue weighted by atomic mass is 35.5. The van der Waals surface area contributed by atoms with Crippen LogP contribution in [0.3, 0.4) is 0 Å². The number of benzene rings is 2. The van der Waals surface area contributed by atoms with Crippen LogP contribution in [0, 0.1) is 0 Å². The molecule has 3 nitrogen and oxygen atoms in total. The highest BCUT2D eigenvalue weighted by Gasteiger charge is 2.28. The maximum absolute atomic E-state index is 12.2. The molecule has 0 fully saturated rings. The molecule has 1 aliphatic rings. The average Bonchev–Trinajstić information content (AvgIpc) is 2.98. The van der Waals surface area contributed by atoms with Crippen molar-refractivity contribution in [1.82, 2.24) is 5.32 Å². The van der Waals surface area contributed by atoms with E-state index in [0.717, 1.165) is 23.5 Å². The van der Waals surface area contributed by atoms with E-state index in [1.54, 1.807) is 17.8 Å². The summed E-state index contributed by atoms with van der Waals surface area (Å²) in [7, 11) is 0. The Kier molecular flexibility index (Phi) is 5.47. The normalized spacial score (nSPS) is 15.8. The number of rotatable bonds is 6. The number of carbonyl (C=O) groups is 1. The third-order valence-corrected chi connectivity index (χ3v) is 4.96. The van der Waals surface area contributed by atoms with Gasteiger partial charge in [0.1, 0.15) is 5.75 Å². The van der Waals surface area contributed by atoms with Crippen LogP contribution in [0.5, 0.6) is 5.75 Å². The summed E-state index contributed by atoms with van der Waals surface area (Å²) in [6.45, 7) is 0.662. The molecule has 23 heavy (non-hydrogen) atoms. The summed E-state index contributed by atoms with van der Waals surface area (Å²) in [6, 6.07) is 15.7. The number of hydrogen-bond donors (Lipinski definition) is 1. The van der Waals surface area contributed by atoms with Crippen LogP contribution in [-0.4, -0.2) is 24.3 Å². The third kappa shape index (κ3) is 4.43. The lowest BCUT2D eigenvalue weighted by Gasteiger charge is -2.11. The van der Waals surface area contributed by atoms with Crippen LogP contribution >= 0.6 is 23.4 Å². The molecule has 0 unspecified atom stereocenters. The zero-order valence-electron chi connectivity index (χ0n) is 12.6. The number of thioether (sulfide) groups is 1. The molecule has 1 heterocycles. The number of carbonyl (C=O) groups excluding carboxylic acids is 1. The van der Waals surface area contributed by atoms with Gasteiger partial charge in [0.2, 0.25) is 0 Å². The minimum atomic E-state index is -0.440. The molecule has 5 heteroatoms. The number of halogens is 1. The van der Waals surface area contributed by atoms with Crippen molar-refractivity contribution in [2.45, 2.75) is 23.8 Å². The second-order valence-electron chi connectivity index (χ2n) is 5.37. The van der Waals surface area contributed by atoms with E-state index in [-0.39, 0.29) is 5.91 Å². The predicted octanol–water partition coefficient (Wildman–Crippen LogP) is 3.94. The van der Waals surface area contributed by atoms with Gasteiger partial charge in [0.15, 0.2) is 6.10 Å². The SMILES string of the molecule is O=C(NCCCSc1ccccc1)[C@@H]1Cc2cc(Cl)ccc2O1. The molecule has 0 saturated carbocycles. The maximum atomic E-state index is 12.2. The first-order chi connectivity index (χ1) is 11.2. The zero-order chi connectivity index (χ0) is 16.1. The van der Waals surface area contributed by atoms with E-state index in [4.69, 9.17) is 16.3 Å². The fourth-order valence-electron chi connectivity index (χ4n) is 2.47. The molecule has 1 atom stereocenters. The minimum absolute atomic E-state index is 0.0537. The van der Waals surface area contributed by atoms with Crippen LogP contribution in [0.1, 0.15) is 12.0 Å². The van der Waals surface area contributed by atoms with Gasteiger partial charge in [-0.15, -0.1) is 11.8 Å². The maximum Gasteiger partial charge on any atom is 0.261 e. The summed E-state index contributed by atoms with van der Waals surface area (Å²) in [6.07, 6.45) is 1.07. The lowest BCUT2D eigenvalue weighted by Crippen LogP contribution is -2.38. The highest BCUT2D eigenvalue weighted by Crippen LogP contribution is 2.31. The highest BCUT2D eigenvalue weighted by molar-refractivity contribution is 7.99. The fourth-order valence-corrected chi connectivity index (χ4v) is 3.54. The summed E-state index contributed by atoms with van der Waals surface area (Å²) < 4.78 is 5.67. The van der Waals surface area contributed by atoms with Crippen LogP contribution in [-0.2, 0) is 11.2 Å². The van der Waals surface area contributed by atoms with E-state index in [9.17, 15) is 4.79 Å². The molecule has 0 bridgehead atoms. The molecule has 2 aromatic carbocycles. The Bertz CT molecular complexity index is 678. The van der Waals surface area contributed by atoms with E-state index >= 15 is 0 Å². The van der Waals surface area contributed by atoms with Crippen molar-refractivity contribution >= 4 is 29.3 Å². The van der Waals surface area contributed by atoms with Crippen molar-refractivity contribution in [3.05, 3.63) is 59.1 Å². The van der Waals surface area contributed by atoms with Crippen LogP contribution in [0.2, 0.25) is 5.02 Å². The third-order valence-electron chi connectivity index (χ3n) is 3.62. The van der Waals surface area contributed by atoms with E-state index in [0.29, 0.717) is 18.0 Å². The molecule has 0 aliphatic carbocycles. The first kappa shape index (κ1) is 16.2. The molecule has 2 aromatic rings. The van der Waals surface area contributed by atoms with Gasteiger partial charge >= 0.3 is 0 Å². The van der Waals surface area contributed by atoms with Crippen molar-refractivity contribution in [2.75, 3.05) is 12.3 Å². The number of nitrogens with one attached hydrogen (secondary N) is 1. The Morgan fingerprint density at radius 1 is 1.26 bits per heavy atom. The van der Waals surface area contributed by atoms with Crippen LogP contribution in [0.15, 0.2) is 53.4 Å². The fraction of sp³-hybridized carbons (Fsp3) is 0.278. The van der Waals surface area contributed by atoms with E-state index in [2.05, 4.69) is 17.4 Å². The van der Waals surface area contributed by atoms with Crippen LogP contribution < -0.4 is 10.1 Å². The summed E-state index contributed by atoms with van der Waals surface area (Å²) in [5.41, 5.74) is 0.997. The van der Waals surface area contributed by atoms with Gasteiger partial charge in [-0.1, -0.05) is 29.8 Å². The van der Waals surface area contributed by atoms with Gasteiger partial charge in [-0.3, -0.25) is 4.79 Å². The lowest BCUT2D eigenvalue weighted by molar-refractivity contribution is -0.127. The molecular weight excluding hydrogens is 330 g/mol. The lowest BCUT2D eigenvalue weighted by atomic mass is 10.1. The average molecular weight is 348 g/mol. The molecule has 1 N–H and O–H groups in total. The Morgan fingerprint density at radius 3 is 2.91 bits per heavy atom. The van der Waals surface area contributed by atoms with Gasteiger partial charge in [-0.2, -0.15) is 0 Å². The van der Waals surface area contributed by atoms with E-state index < -0.39 is 6.10 Å². The molecule has 1 amide bonds. The van der Waals surface area contributed by atoms with Crippen molar-refractivity contribution in [1.29, 1.82) is 0 Å². The second-order valence-corrected chi connectivity index (χ2v) is 6.97. The van der Waals surface area contributed by atoms with Crippen molar-refractivity contribution in [3.8, 4) is 5.75 Å². The molecule has 0 saturated heterocycles. The first-order valence-electron chi connectivity index (χ1n) is 7.63. The number of ether oxygens (including phenoxy) is 1. The number of hydrogen-bond acceptors (Lipinski definition) is 3. The summed E-state index contributed by atoms with van der Waals surface area (Å²) in [5.74, 6) is 1.68. The molecular formula is C18H18ClNO2S. The Balaban J connectivity index is 1.38. The van der Waals surface area contributed by atoms with Gasteiger partial charge in [-0.05, 0) is 48.1 Å². The van der Waals surface area contributed by atoms with Gasteiger partial charge in [-0.25, -0.2) is 0 Å². The topological polar surface area (TPSA) is 38.3 Å². The van der Waals surface area contributed by atoms with Gasteiger partial charge in [0, 0.05) is 22.9 Å². The van der Waals surface area contributed by atoms with Crippen molar-refractivity contribution in [2.24, 2.45) is 0 Å². The molecule has 3 rings (SSSR count). The summed E-state index contributed by atoms with van der Waals surface area (Å²) in [4.78, 5) is 13.4. The first-order valence-corrected chi connectivity index (χ1v) is 8.99. The monoisotopic (exact) mass is 347 g/mol. The molecule has 0 radical (unpaired) electrons. The Hall–Kier alpha value is -1.65. The molecule has 0 aromatic heterocycles. The zero-order valence-corrected chi connectivity index (χ0v) is 14.2. The number of amides is 1. The Morgan fingerprint density at radius 2 is 2.09 bits per heavy atom. The van der Waals surface area contributed by atoms with Crippen LogP contribution in [0.25, 0.3) is 0 Å². The Labute approximate surface area is 145 Å². The predicted molar refractivity (Wildman–Crippen MR) is 94.4 cm³/mol. The van der Waals surface area contributed by atoms with Gasteiger partial charge < -0.3 is 10.1 Å². The summed E-state index contributed by atoms with van der Waals surface area (Å²) in [5, 5.41) is 3.62. The standard InChI is InChI=1S/C18H18ClNO2S/c19-14-7-8-16-13(11-14)12-17(22-16)18(21)20-9-4-10-23-15-5-2-1-3-6-15/h1-3,5-8,11,17H,4,9-10,12H2,(H,20,21)/t17-/m0/s1.